The molecule has 1 atom stereocenters. The highest BCUT2D eigenvalue weighted by Crippen LogP contribution is 2.36. The minimum Gasteiger partial charge on any atom is -0.479 e. The van der Waals surface area contributed by atoms with E-state index < -0.39 is 12.0 Å². The first-order valence-corrected chi connectivity index (χ1v) is 10.6. The zero-order valence-corrected chi connectivity index (χ0v) is 18.3. The van der Waals surface area contributed by atoms with E-state index in [0.717, 1.165) is 0 Å². The van der Waals surface area contributed by atoms with Gasteiger partial charge in [-0.3, -0.25) is 19.3 Å². The van der Waals surface area contributed by atoms with E-state index in [2.05, 4.69) is 10.6 Å². The standard InChI is InChI=1S/C26H22FN3O4/c1-17-26(33)30(16-25(32)28-20-5-3-2-4-6-20)22-15-21(12-13-23(22)34-17)29-24(31)14-9-18-7-10-19(27)11-8-18/h2-15,17H,16H2,1H3,(H,28,32)(H,29,31)/b14-9+. The second-order valence-corrected chi connectivity index (χ2v) is 7.66. The summed E-state index contributed by atoms with van der Waals surface area (Å²) < 4.78 is 18.7. The van der Waals surface area contributed by atoms with E-state index in [0.29, 0.717) is 28.4 Å². The van der Waals surface area contributed by atoms with E-state index in [1.807, 2.05) is 6.07 Å². The molecule has 34 heavy (non-hydrogen) atoms. The predicted molar refractivity (Wildman–Crippen MR) is 128 cm³/mol. The van der Waals surface area contributed by atoms with Crippen LogP contribution in [0, 0.1) is 5.82 Å². The molecule has 1 heterocycles. The van der Waals surface area contributed by atoms with Crippen molar-refractivity contribution in [3.05, 3.63) is 90.3 Å². The lowest BCUT2D eigenvalue weighted by atomic mass is 10.1. The molecule has 0 aliphatic carbocycles. The Balaban J connectivity index is 1.49. The predicted octanol–water partition coefficient (Wildman–Crippen LogP) is 4.23. The molecule has 7 nitrogen and oxygen atoms in total. The average molecular weight is 459 g/mol. The lowest BCUT2D eigenvalue weighted by molar-refractivity contribution is -0.127. The van der Waals surface area contributed by atoms with Crippen molar-refractivity contribution < 1.29 is 23.5 Å². The zero-order chi connectivity index (χ0) is 24.1. The molecule has 0 saturated carbocycles. The number of anilines is 3. The molecule has 3 amide bonds. The van der Waals surface area contributed by atoms with Crippen molar-refractivity contribution >= 4 is 40.9 Å². The molecule has 3 aromatic rings. The minimum atomic E-state index is -0.754. The van der Waals surface area contributed by atoms with Crippen LogP contribution in [0.1, 0.15) is 12.5 Å². The number of hydrogen-bond donors (Lipinski definition) is 2. The smallest absolute Gasteiger partial charge is 0.268 e. The SMILES string of the molecule is CC1Oc2ccc(NC(=O)/C=C/c3ccc(F)cc3)cc2N(CC(=O)Nc2ccccc2)C1=O. The van der Waals surface area contributed by atoms with Gasteiger partial charge in [0, 0.05) is 17.5 Å². The maximum Gasteiger partial charge on any atom is 0.268 e. The van der Waals surface area contributed by atoms with Crippen LogP contribution in [0.5, 0.6) is 5.75 Å². The van der Waals surface area contributed by atoms with Gasteiger partial charge in [0.25, 0.3) is 5.91 Å². The van der Waals surface area contributed by atoms with Gasteiger partial charge in [-0.25, -0.2) is 4.39 Å². The van der Waals surface area contributed by atoms with Crippen molar-refractivity contribution in [3.8, 4) is 5.75 Å². The van der Waals surface area contributed by atoms with Crippen LogP contribution in [-0.2, 0) is 14.4 Å². The first kappa shape index (κ1) is 22.7. The number of hydrogen-bond acceptors (Lipinski definition) is 4. The number of nitrogens with one attached hydrogen (secondary N) is 2. The number of nitrogens with zero attached hydrogens (tertiary/aromatic N) is 1. The summed E-state index contributed by atoms with van der Waals surface area (Å²) in [4.78, 5) is 39.1. The summed E-state index contributed by atoms with van der Waals surface area (Å²) in [6.45, 7) is 1.40. The van der Waals surface area contributed by atoms with Crippen molar-refractivity contribution in [2.75, 3.05) is 22.1 Å². The minimum absolute atomic E-state index is 0.212. The van der Waals surface area contributed by atoms with E-state index in [9.17, 15) is 18.8 Å². The van der Waals surface area contributed by atoms with Gasteiger partial charge >= 0.3 is 0 Å². The molecule has 1 aliphatic heterocycles. The molecule has 0 bridgehead atoms. The summed E-state index contributed by atoms with van der Waals surface area (Å²) in [5.74, 6) is -1.07. The normalized spacial score (nSPS) is 14.9. The molecule has 8 heteroatoms. The fourth-order valence-corrected chi connectivity index (χ4v) is 3.44. The third kappa shape index (κ3) is 5.47. The topological polar surface area (TPSA) is 87.7 Å². The van der Waals surface area contributed by atoms with Crippen molar-refractivity contribution in [2.45, 2.75) is 13.0 Å². The Morgan fingerprint density at radius 1 is 1.00 bits per heavy atom. The van der Waals surface area contributed by atoms with Crippen LogP contribution in [0.2, 0.25) is 0 Å². The number of amides is 3. The molecule has 0 radical (unpaired) electrons. The highest BCUT2D eigenvalue weighted by Gasteiger charge is 2.33. The number of ether oxygens (including phenoxy) is 1. The Morgan fingerprint density at radius 3 is 2.47 bits per heavy atom. The van der Waals surface area contributed by atoms with Gasteiger partial charge in [0.2, 0.25) is 11.8 Å². The maximum absolute atomic E-state index is 13.0. The van der Waals surface area contributed by atoms with E-state index in [-0.39, 0.29) is 24.2 Å². The summed E-state index contributed by atoms with van der Waals surface area (Å²) in [5.41, 5.74) is 2.10. The van der Waals surface area contributed by atoms with Crippen LogP contribution in [0.25, 0.3) is 6.08 Å². The van der Waals surface area contributed by atoms with Gasteiger partial charge in [-0.1, -0.05) is 30.3 Å². The van der Waals surface area contributed by atoms with E-state index in [1.54, 1.807) is 67.6 Å². The van der Waals surface area contributed by atoms with E-state index in [4.69, 9.17) is 4.74 Å². The van der Waals surface area contributed by atoms with Gasteiger partial charge in [-0.2, -0.15) is 0 Å². The van der Waals surface area contributed by atoms with Crippen LogP contribution in [0.4, 0.5) is 21.5 Å². The molecule has 0 saturated heterocycles. The average Bonchev–Trinajstić information content (AvgIpc) is 2.82. The highest BCUT2D eigenvalue weighted by molar-refractivity contribution is 6.07. The van der Waals surface area contributed by atoms with Crippen LogP contribution >= 0.6 is 0 Å². The van der Waals surface area contributed by atoms with Crippen molar-refractivity contribution in [1.29, 1.82) is 0 Å². The maximum atomic E-state index is 13.0. The van der Waals surface area contributed by atoms with Crippen LogP contribution in [-0.4, -0.2) is 30.4 Å². The van der Waals surface area contributed by atoms with Crippen LogP contribution < -0.4 is 20.3 Å². The molecule has 0 fully saturated rings. The Hall–Kier alpha value is -4.46. The number of carbonyl (C=O) groups excluding carboxylic acids is 3. The summed E-state index contributed by atoms with van der Waals surface area (Å²) in [6, 6.07) is 19.5. The summed E-state index contributed by atoms with van der Waals surface area (Å²) in [5, 5.41) is 5.48. The Morgan fingerprint density at radius 2 is 1.74 bits per heavy atom. The van der Waals surface area contributed by atoms with Crippen molar-refractivity contribution in [2.24, 2.45) is 0 Å². The fraction of sp³-hybridized carbons (Fsp3) is 0.115. The zero-order valence-electron chi connectivity index (χ0n) is 18.3. The van der Waals surface area contributed by atoms with Crippen molar-refractivity contribution in [3.63, 3.8) is 0 Å². The molecule has 172 valence electrons. The molecule has 2 N–H and O–H groups in total. The third-order valence-corrected chi connectivity index (χ3v) is 5.09. The first-order valence-electron chi connectivity index (χ1n) is 10.6. The summed E-state index contributed by atoms with van der Waals surface area (Å²) >= 11 is 0. The monoisotopic (exact) mass is 459 g/mol. The Bertz CT molecular complexity index is 1240. The molecule has 3 aromatic carbocycles. The molecule has 4 rings (SSSR count). The summed E-state index contributed by atoms with van der Waals surface area (Å²) in [7, 11) is 0. The molecular weight excluding hydrogens is 437 g/mol. The number of benzene rings is 3. The lowest BCUT2D eigenvalue weighted by Gasteiger charge is -2.32. The number of halogens is 1. The molecule has 1 unspecified atom stereocenters. The largest absolute Gasteiger partial charge is 0.479 e. The van der Waals surface area contributed by atoms with Crippen molar-refractivity contribution in [1.82, 2.24) is 0 Å². The van der Waals surface area contributed by atoms with Gasteiger partial charge in [0.15, 0.2) is 6.10 Å². The Kier molecular flexibility index (Phi) is 6.68. The highest BCUT2D eigenvalue weighted by atomic mass is 19.1. The van der Waals surface area contributed by atoms with E-state index in [1.165, 1.54) is 23.1 Å². The van der Waals surface area contributed by atoms with Gasteiger partial charge in [-0.15, -0.1) is 0 Å². The fourth-order valence-electron chi connectivity index (χ4n) is 3.44. The second kappa shape index (κ2) is 9.99. The van der Waals surface area contributed by atoms with E-state index >= 15 is 0 Å². The molecule has 0 aromatic heterocycles. The first-order chi connectivity index (χ1) is 16.4. The number of fused-ring (bicyclic) bond motifs is 1. The molecule has 1 aliphatic rings. The summed E-state index contributed by atoms with van der Waals surface area (Å²) in [6.07, 6.45) is 2.12. The molecular formula is C26H22FN3O4. The van der Waals surface area contributed by atoms with Gasteiger partial charge in [0.05, 0.1) is 5.69 Å². The number of rotatable bonds is 6. The third-order valence-electron chi connectivity index (χ3n) is 5.09. The van der Waals surface area contributed by atoms with Gasteiger partial charge in [-0.05, 0) is 61.0 Å². The van der Waals surface area contributed by atoms with Crippen LogP contribution in [0.3, 0.4) is 0 Å². The Labute approximate surface area is 195 Å². The number of carbonyl (C=O) groups is 3. The van der Waals surface area contributed by atoms with Gasteiger partial charge in [0.1, 0.15) is 18.1 Å². The molecule has 0 spiro atoms. The second-order valence-electron chi connectivity index (χ2n) is 7.66. The lowest BCUT2D eigenvalue weighted by Crippen LogP contribution is -2.47. The number of para-hydroxylation sites is 1. The van der Waals surface area contributed by atoms with Gasteiger partial charge < -0.3 is 15.4 Å². The quantitative estimate of drug-likeness (QED) is 0.540. The van der Waals surface area contributed by atoms with Crippen LogP contribution in [0.15, 0.2) is 78.9 Å².